The minimum absolute atomic E-state index is 0.247. The maximum absolute atomic E-state index is 11.6. The number of nitrogen functional groups attached to an aromatic ring is 1. The largest absolute Gasteiger partial charge is 0.384 e. The molecule has 0 aliphatic carbocycles. The minimum Gasteiger partial charge on any atom is -0.384 e. The molecular weight excluding hydrogens is 296 g/mol. The third-order valence-electron chi connectivity index (χ3n) is 3.86. The fourth-order valence-electron chi connectivity index (χ4n) is 2.77. The Kier molecular flexibility index (Phi) is 3.23. The van der Waals surface area contributed by atoms with E-state index in [1.807, 2.05) is 23.1 Å². The van der Waals surface area contributed by atoms with E-state index >= 15 is 0 Å². The first-order valence-corrected chi connectivity index (χ1v) is 7.39. The second-order valence-electron chi connectivity index (χ2n) is 5.38. The molecule has 1 aromatic carbocycles. The molecule has 118 valence electrons. The highest BCUT2D eigenvalue weighted by Gasteiger charge is 2.17. The maximum atomic E-state index is 11.6. The number of H-pyrrole nitrogens is 2. The summed E-state index contributed by atoms with van der Waals surface area (Å²) in [6.07, 6.45) is 0. The summed E-state index contributed by atoms with van der Waals surface area (Å²) in [4.78, 5) is 28.1. The second-order valence-corrected chi connectivity index (χ2v) is 5.38. The van der Waals surface area contributed by atoms with Crippen molar-refractivity contribution in [2.24, 2.45) is 0 Å². The van der Waals surface area contributed by atoms with Gasteiger partial charge in [0.2, 0.25) is 5.95 Å². The number of nitrogens with one attached hydrogen (secondary N) is 2. The number of ether oxygens (including phenoxy) is 1. The van der Waals surface area contributed by atoms with Crippen LogP contribution in [0.15, 0.2) is 29.1 Å². The number of nitrogens with two attached hydrogens (primary N) is 1. The lowest BCUT2D eigenvalue weighted by Crippen LogP contribution is -2.37. The summed E-state index contributed by atoms with van der Waals surface area (Å²) in [5.41, 5.74) is 8.65. The van der Waals surface area contributed by atoms with Crippen LogP contribution in [0.25, 0.3) is 22.3 Å². The summed E-state index contributed by atoms with van der Waals surface area (Å²) < 4.78 is 5.35. The van der Waals surface area contributed by atoms with Crippen molar-refractivity contribution in [1.82, 2.24) is 19.9 Å². The second kappa shape index (κ2) is 5.40. The molecule has 3 heterocycles. The van der Waals surface area contributed by atoms with Crippen molar-refractivity contribution in [3.63, 3.8) is 0 Å². The van der Waals surface area contributed by atoms with Crippen LogP contribution in [-0.2, 0) is 4.74 Å². The molecule has 1 aliphatic heterocycles. The highest BCUT2D eigenvalue weighted by molar-refractivity contribution is 5.91. The van der Waals surface area contributed by atoms with Crippen molar-refractivity contribution in [1.29, 1.82) is 0 Å². The first kappa shape index (κ1) is 13.8. The number of aromatic nitrogens is 4. The van der Waals surface area contributed by atoms with E-state index in [1.165, 1.54) is 0 Å². The zero-order valence-corrected chi connectivity index (χ0v) is 12.4. The molecule has 1 saturated heterocycles. The number of anilines is 2. The van der Waals surface area contributed by atoms with Gasteiger partial charge in [0.15, 0.2) is 0 Å². The van der Waals surface area contributed by atoms with Crippen LogP contribution in [0.2, 0.25) is 0 Å². The molecule has 4 N–H and O–H groups in total. The van der Waals surface area contributed by atoms with E-state index in [4.69, 9.17) is 10.5 Å². The van der Waals surface area contributed by atoms with Crippen molar-refractivity contribution in [2.75, 3.05) is 36.9 Å². The number of morpholine rings is 1. The maximum Gasteiger partial charge on any atom is 0.323 e. The Labute approximate surface area is 131 Å². The number of fused-ring (bicyclic) bond motifs is 1. The number of imidazole rings is 1. The van der Waals surface area contributed by atoms with Crippen LogP contribution in [0.4, 0.5) is 11.8 Å². The zero-order valence-electron chi connectivity index (χ0n) is 12.4. The molecule has 0 spiro atoms. The van der Waals surface area contributed by atoms with E-state index < -0.39 is 0 Å². The summed E-state index contributed by atoms with van der Waals surface area (Å²) in [5, 5.41) is 0. The Bertz CT molecular complexity index is 910. The van der Waals surface area contributed by atoms with Crippen LogP contribution in [0.3, 0.4) is 0 Å². The van der Waals surface area contributed by atoms with Crippen LogP contribution in [-0.4, -0.2) is 46.2 Å². The highest BCUT2D eigenvalue weighted by Crippen LogP contribution is 2.27. The summed E-state index contributed by atoms with van der Waals surface area (Å²) in [5.74, 6) is 0.976. The Hall–Kier alpha value is -2.87. The van der Waals surface area contributed by atoms with Crippen molar-refractivity contribution in [3.05, 3.63) is 34.7 Å². The lowest BCUT2D eigenvalue weighted by atomic mass is 10.1. The van der Waals surface area contributed by atoms with Crippen LogP contribution < -0.4 is 16.3 Å². The Morgan fingerprint density at radius 3 is 2.83 bits per heavy atom. The minimum atomic E-state index is -0.247. The third kappa shape index (κ3) is 2.53. The SMILES string of the molecule is Nc1cc(-c2cccc3[nH]c(=O)[nH]c23)nc(N2CCOCC2)n1. The molecule has 3 aromatic rings. The van der Waals surface area contributed by atoms with Crippen molar-refractivity contribution in [2.45, 2.75) is 0 Å². The van der Waals surface area contributed by atoms with Crippen molar-refractivity contribution in [3.8, 4) is 11.3 Å². The predicted molar refractivity (Wildman–Crippen MR) is 87.4 cm³/mol. The van der Waals surface area contributed by atoms with Gasteiger partial charge in [0.1, 0.15) is 5.82 Å². The van der Waals surface area contributed by atoms with Gasteiger partial charge in [-0.25, -0.2) is 9.78 Å². The topological polar surface area (TPSA) is 113 Å². The number of aromatic amines is 2. The molecule has 0 unspecified atom stereocenters. The average Bonchev–Trinajstić information content (AvgIpc) is 2.95. The van der Waals surface area contributed by atoms with E-state index in [0.717, 1.165) is 24.2 Å². The lowest BCUT2D eigenvalue weighted by Gasteiger charge is -2.27. The lowest BCUT2D eigenvalue weighted by molar-refractivity contribution is 0.122. The molecule has 0 atom stereocenters. The van der Waals surface area contributed by atoms with Gasteiger partial charge in [-0.2, -0.15) is 4.98 Å². The van der Waals surface area contributed by atoms with E-state index in [1.54, 1.807) is 6.07 Å². The molecule has 0 bridgehead atoms. The van der Waals surface area contributed by atoms with Crippen molar-refractivity contribution >= 4 is 22.8 Å². The van der Waals surface area contributed by atoms with E-state index in [-0.39, 0.29) is 5.69 Å². The van der Waals surface area contributed by atoms with Crippen LogP contribution >= 0.6 is 0 Å². The van der Waals surface area contributed by atoms with Crippen LogP contribution in [0.1, 0.15) is 0 Å². The third-order valence-corrected chi connectivity index (χ3v) is 3.86. The van der Waals surface area contributed by atoms with E-state index in [2.05, 4.69) is 19.9 Å². The predicted octanol–water partition coefficient (Wildman–Crippen LogP) is 0.732. The molecule has 23 heavy (non-hydrogen) atoms. The van der Waals surface area contributed by atoms with Gasteiger partial charge in [0.25, 0.3) is 0 Å². The number of benzene rings is 1. The zero-order chi connectivity index (χ0) is 15.8. The Morgan fingerprint density at radius 1 is 1.17 bits per heavy atom. The molecule has 1 fully saturated rings. The summed E-state index contributed by atoms with van der Waals surface area (Å²) >= 11 is 0. The van der Waals surface area contributed by atoms with Crippen molar-refractivity contribution < 1.29 is 4.74 Å². The molecule has 4 rings (SSSR count). The van der Waals surface area contributed by atoms with Crippen LogP contribution in [0.5, 0.6) is 0 Å². The number of nitrogens with zero attached hydrogens (tertiary/aromatic N) is 3. The molecule has 0 saturated carbocycles. The Morgan fingerprint density at radius 2 is 2.00 bits per heavy atom. The van der Waals surface area contributed by atoms with Gasteiger partial charge >= 0.3 is 5.69 Å². The van der Waals surface area contributed by atoms with E-state index in [0.29, 0.717) is 36.2 Å². The van der Waals surface area contributed by atoms with Gasteiger partial charge < -0.3 is 25.3 Å². The summed E-state index contributed by atoms with van der Waals surface area (Å²) in [7, 11) is 0. The normalized spacial score (nSPS) is 15.2. The van der Waals surface area contributed by atoms with Gasteiger partial charge in [-0.15, -0.1) is 0 Å². The molecule has 0 amide bonds. The van der Waals surface area contributed by atoms with Crippen LogP contribution in [0, 0.1) is 0 Å². The Balaban J connectivity index is 1.84. The number of hydrogen-bond acceptors (Lipinski definition) is 6. The number of rotatable bonds is 2. The fraction of sp³-hybridized carbons (Fsp3) is 0.267. The smallest absolute Gasteiger partial charge is 0.323 e. The molecule has 0 radical (unpaired) electrons. The van der Waals surface area contributed by atoms with Gasteiger partial charge in [0, 0.05) is 24.7 Å². The van der Waals surface area contributed by atoms with Gasteiger partial charge in [-0.3, -0.25) is 0 Å². The molecule has 8 heteroatoms. The molecule has 2 aromatic heterocycles. The first-order valence-electron chi connectivity index (χ1n) is 7.39. The average molecular weight is 312 g/mol. The van der Waals surface area contributed by atoms with Gasteiger partial charge in [-0.05, 0) is 6.07 Å². The monoisotopic (exact) mass is 312 g/mol. The molecule has 8 nitrogen and oxygen atoms in total. The molecular formula is C15H16N6O2. The fourth-order valence-corrected chi connectivity index (χ4v) is 2.77. The van der Waals surface area contributed by atoms with Gasteiger partial charge in [0.05, 0.1) is 29.9 Å². The number of para-hydroxylation sites is 1. The van der Waals surface area contributed by atoms with Gasteiger partial charge in [-0.1, -0.05) is 12.1 Å². The first-order chi connectivity index (χ1) is 11.2. The van der Waals surface area contributed by atoms with E-state index in [9.17, 15) is 4.79 Å². The standard InChI is InChI=1S/C15H16N6O2/c16-12-8-11(17-14(19-12)21-4-6-23-7-5-21)9-2-1-3-10-13(9)20-15(22)18-10/h1-3,8H,4-7H2,(H2,16,17,19)(H2,18,20,22). The number of hydrogen-bond donors (Lipinski definition) is 3. The quantitative estimate of drug-likeness (QED) is 0.643. The summed E-state index contributed by atoms with van der Waals surface area (Å²) in [6.45, 7) is 2.75. The summed E-state index contributed by atoms with van der Waals surface area (Å²) in [6, 6.07) is 7.32. The molecule has 1 aliphatic rings. The highest BCUT2D eigenvalue weighted by atomic mass is 16.5.